The number of amides is 18. The minimum absolute atomic E-state index is 0.00472. The first-order chi connectivity index (χ1) is 61.2. The summed E-state index contributed by atoms with van der Waals surface area (Å²) in [6.07, 6.45) is 5.74. The maximum absolute atomic E-state index is 15.7. The second-order valence-electron chi connectivity index (χ2n) is 32.2. The monoisotopic (exact) mass is 1780 g/mol. The fourth-order valence-corrected chi connectivity index (χ4v) is 14.5. The summed E-state index contributed by atoms with van der Waals surface area (Å²) in [6.45, 7) is 9.75. The summed E-state index contributed by atoms with van der Waals surface area (Å²) in [4.78, 5) is 233. The molecular weight excluding hydrogens is 1670 g/mol. The van der Waals surface area contributed by atoms with Gasteiger partial charge in [0.25, 0.3) is 5.91 Å². The van der Waals surface area contributed by atoms with Crippen LogP contribution in [0.15, 0.2) is 164 Å². The van der Waals surface area contributed by atoms with Crippen molar-refractivity contribution >= 4 is 129 Å². The SMILES string of the molecule is CC(=O)N[C@H](Cc1ccc2ccccc2c1)C(=O)N[C@H](Cc1ccc(Cl)cc1)C(=O)N[C@H](Cc1cccnc1)C(=O)N[C@@H](CO)C(=O)N[C@@H](Cc1ccc(NC(=O)C2CC(=O)NC(=O)N2)cc1)C(=O)N[C@H](Cc1ccc(NC(=O)NCCNC(=O)c2cccnc2)cc1)C(=O)N[C@@H](CC(C)C)C(=O)N[C@@H](CCCCNC(C)C)C(=O)N1CCC[C@H]1C(=O)N[C@H](C)C(N)=O. The third-order valence-corrected chi connectivity index (χ3v) is 21.3. The van der Waals surface area contributed by atoms with Crippen LogP contribution in [-0.4, -0.2) is 220 Å². The normalized spacial score (nSPS) is 15.7. The third-order valence-electron chi connectivity index (χ3n) is 21.1. The largest absolute Gasteiger partial charge is 0.394 e. The number of benzene rings is 5. The van der Waals surface area contributed by atoms with E-state index in [0.29, 0.717) is 58.6 Å². The van der Waals surface area contributed by atoms with Crippen LogP contribution in [0.4, 0.5) is 21.0 Å². The topological polar surface area (TPSA) is 541 Å². The van der Waals surface area contributed by atoms with Gasteiger partial charge in [0, 0.05) is 106 Å². The molecule has 19 N–H and O–H groups in total. The number of nitrogens with two attached hydrogens (primary N) is 1. The van der Waals surface area contributed by atoms with Crippen LogP contribution in [0.2, 0.25) is 5.02 Å². The number of aromatic nitrogens is 2. The van der Waals surface area contributed by atoms with Crippen LogP contribution in [0.25, 0.3) is 10.8 Å². The summed E-state index contributed by atoms with van der Waals surface area (Å²) in [5.74, 6) is -11.6. The Morgan fingerprint density at radius 1 is 0.516 bits per heavy atom. The number of likely N-dealkylation sites (tertiary alicyclic amines) is 1. The highest BCUT2D eigenvalue weighted by Gasteiger charge is 2.41. The Bertz CT molecular complexity index is 5060. The Morgan fingerprint density at radius 2 is 1.02 bits per heavy atom. The van der Waals surface area contributed by atoms with Gasteiger partial charge in [0.15, 0.2) is 0 Å². The number of carbonyl (C=O) groups excluding carboxylic acids is 16. The lowest BCUT2D eigenvalue weighted by Crippen LogP contribution is -2.62. The zero-order valence-electron chi connectivity index (χ0n) is 71.9. The zero-order chi connectivity index (χ0) is 92.5. The molecule has 0 aliphatic carbocycles. The molecule has 38 heteroatoms. The van der Waals surface area contributed by atoms with Gasteiger partial charge in [-0.15, -0.1) is 0 Å². The number of carbonyl (C=O) groups is 16. The highest BCUT2D eigenvalue weighted by Crippen LogP contribution is 2.24. The van der Waals surface area contributed by atoms with Gasteiger partial charge in [-0.25, -0.2) is 9.59 Å². The quantitative estimate of drug-likeness (QED) is 0.0243. The Labute approximate surface area is 744 Å². The van der Waals surface area contributed by atoms with Crippen molar-refractivity contribution in [3.63, 3.8) is 0 Å². The summed E-state index contributed by atoms with van der Waals surface area (Å²) in [7, 11) is 0. The average molecular weight is 1780 g/mol. The lowest BCUT2D eigenvalue weighted by atomic mass is 9.99. The first-order valence-electron chi connectivity index (χ1n) is 42.3. The molecule has 2 aliphatic heterocycles. The zero-order valence-corrected chi connectivity index (χ0v) is 72.6. The number of urea groups is 2. The van der Waals surface area contributed by atoms with Crippen LogP contribution in [0.1, 0.15) is 125 Å². The van der Waals surface area contributed by atoms with Gasteiger partial charge in [-0.05, 0) is 151 Å². The minimum Gasteiger partial charge on any atom is -0.394 e. The molecule has 128 heavy (non-hydrogen) atoms. The van der Waals surface area contributed by atoms with Crippen molar-refractivity contribution in [1.82, 2.24) is 89.3 Å². The van der Waals surface area contributed by atoms with Crippen molar-refractivity contribution in [3.05, 3.63) is 203 Å². The van der Waals surface area contributed by atoms with Crippen LogP contribution < -0.4 is 90.8 Å². The molecule has 0 radical (unpaired) electrons. The molecular formula is C90H111ClN20O17. The van der Waals surface area contributed by atoms with Crippen molar-refractivity contribution < 1.29 is 81.8 Å². The molecule has 2 saturated heterocycles. The lowest BCUT2D eigenvalue weighted by molar-refractivity contribution is -0.142. The van der Waals surface area contributed by atoms with E-state index in [2.05, 4.69) is 95.0 Å². The molecule has 4 heterocycles. The van der Waals surface area contributed by atoms with Gasteiger partial charge in [-0.2, -0.15) is 0 Å². The van der Waals surface area contributed by atoms with Crippen molar-refractivity contribution in [2.75, 3.05) is 43.4 Å². The summed E-state index contributed by atoms with van der Waals surface area (Å²) in [5, 5.41) is 56.2. The number of imide groups is 1. The van der Waals surface area contributed by atoms with E-state index in [4.69, 9.17) is 17.3 Å². The third kappa shape index (κ3) is 31.1. The molecule has 0 spiro atoms. The number of hydrogen-bond acceptors (Lipinski definition) is 20. The van der Waals surface area contributed by atoms with Crippen molar-refractivity contribution in [2.24, 2.45) is 11.7 Å². The van der Waals surface area contributed by atoms with Gasteiger partial charge in [0.05, 0.1) is 18.6 Å². The highest BCUT2D eigenvalue weighted by molar-refractivity contribution is 6.30. The molecule has 5 aromatic carbocycles. The van der Waals surface area contributed by atoms with E-state index in [9.17, 15) is 53.1 Å². The summed E-state index contributed by atoms with van der Waals surface area (Å²) in [6, 6.07) is 20.5. The smallest absolute Gasteiger partial charge is 0.322 e. The average Bonchev–Trinajstić information content (AvgIpc) is 1.75. The predicted molar refractivity (Wildman–Crippen MR) is 475 cm³/mol. The number of aliphatic hydroxyl groups is 1. The maximum Gasteiger partial charge on any atom is 0.322 e. The number of aliphatic hydroxyl groups excluding tert-OH is 1. The number of hydrogen-bond donors (Lipinski definition) is 18. The number of fused-ring (bicyclic) bond motifs is 1. The molecule has 9 rings (SSSR count). The first kappa shape index (κ1) is 98.0. The van der Waals surface area contributed by atoms with E-state index < -0.39 is 174 Å². The van der Waals surface area contributed by atoms with Gasteiger partial charge in [-0.1, -0.05) is 124 Å². The molecule has 37 nitrogen and oxygen atoms in total. The molecule has 680 valence electrons. The number of pyridine rings is 2. The second kappa shape index (κ2) is 48.6. The molecule has 2 fully saturated rings. The van der Waals surface area contributed by atoms with Gasteiger partial charge < -0.3 is 95.5 Å². The van der Waals surface area contributed by atoms with E-state index >= 15 is 28.8 Å². The van der Waals surface area contributed by atoms with E-state index in [1.54, 1.807) is 62.4 Å². The minimum atomic E-state index is -1.95. The molecule has 18 amide bonds. The van der Waals surface area contributed by atoms with E-state index in [1.165, 1.54) is 92.1 Å². The first-order valence-corrected chi connectivity index (χ1v) is 42.7. The number of halogens is 1. The molecule has 0 bridgehead atoms. The molecule has 2 aliphatic rings. The Morgan fingerprint density at radius 3 is 1.55 bits per heavy atom. The Hall–Kier alpha value is -13.8. The van der Waals surface area contributed by atoms with Crippen LogP contribution in [0.3, 0.4) is 0 Å². The van der Waals surface area contributed by atoms with Crippen molar-refractivity contribution in [3.8, 4) is 0 Å². The number of anilines is 2. The molecule has 2 aromatic heterocycles. The van der Waals surface area contributed by atoms with E-state index in [-0.39, 0.29) is 99.9 Å². The summed E-state index contributed by atoms with van der Waals surface area (Å²) in [5.41, 5.74) is 8.41. The Balaban J connectivity index is 1.02. The lowest BCUT2D eigenvalue weighted by Gasteiger charge is -2.31. The Kier molecular flexibility index (Phi) is 37.2. The van der Waals surface area contributed by atoms with Gasteiger partial charge in [-0.3, -0.25) is 82.4 Å². The molecule has 7 aromatic rings. The predicted octanol–water partition coefficient (Wildman–Crippen LogP) is 1.97. The summed E-state index contributed by atoms with van der Waals surface area (Å²) < 4.78 is 0. The number of unbranched alkanes of at least 4 members (excludes halogenated alkanes) is 1. The standard InChI is InChI=1S/C90H111ClN20O17/c1-51(2)40-67(80(118)102-66(18-9-10-36-95-52(3)4)88(126)111-39-13-19-75(111)87(125)98-53(5)77(92)115)103-82(120)70(43-57-25-32-65(33-26-57)101-89(127)97-38-37-96-78(116)62-17-12-35-94-49-62)105-84(122)71(44-56-23-30-64(31-24-56)100-79(117)73-47-76(114)110-90(128)109-73)107-86(124)74(50-112)108-85(123)72(46-59-14-11-34-93-48-59)106-83(121)69(42-55-21-28-63(91)29-22-55)104-81(119)68(99-54(6)113)45-58-20-27-60-15-7-8-16-61(60)41-58/h7-8,11-12,14-17,20-35,41,48-49,51-53,66-75,95,112H,9-10,13,18-19,36-40,42-47,50H2,1-6H3,(H2,92,115)(H,96,116)(H,98,125)(H,99,113)(H,100,117)(H,102,118)(H,103,120)(H,104,119)(H,105,122)(H,106,121)(H,107,124)(H,108,123)(H2,97,101,127)(H2,109,110,114,128)/t53-,66+,67+,68-,69-,70-,71+,72-,73?,74+,75+/m1/s1. The van der Waals surface area contributed by atoms with Crippen LogP contribution >= 0.6 is 11.6 Å². The number of nitrogens with zero attached hydrogens (tertiary/aromatic N) is 3. The van der Waals surface area contributed by atoms with Crippen molar-refractivity contribution in [1.29, 1.82) is 0 Å². The van der Waals surface area contributed by atoms with Crippen molar-refractivity contribution in [2.45, 2.75) is 191 Å². The second-order valence-corrected chi connectivity index (χ2v) is 32.6. The number of nitrogens with one attached hydrogen (secondary N) is 16. The van der Waals surface area contributed by atoms with Gasteiger partial charge >= 0.3 is 12.1 Å². The van der Waals surface area contributed by atoms with Gasteiger partial charge in [0.2, 0.25) is 76.8 Å². The fraction of sp³-hybridized carbons (Fsp3) is 0.400. The number of primary amides is 1. The summed E-state index contributed by atoms with van der Waals surface area (Å²) >= 11 is 6.29. The van der Waals surface area contributed by atoms with Crippen LogP contribution in [0.5, 0.6) is 0 Å². The van der Waals surface area contributed by atoms with Gasteiger partial charge in [0.1, 0.15) is 66.5 Å². The number of rotatable bonds is 45. The fourth-order valence-electron chi connectivity index (χ4n) is 14.4. The maximum atomic E-state index is 15.7. The van der Waals surface area contributed by atoms with E-state index in [1.807, 2.05) is 56.3 Å². The van der Waals surface area contributed by atoms with E-state index in [0.717, 1.165) is 10.8 Å². The van der Waals surface area contributed by atoms with Crippen LogP contribution in [-0.2, 0) is 94.4 Å². The molecule has 11 atom stereocenters. The molecule has 0 saturated carbocycles. The van der Waals surface area contributed by atoms with Crippen LogP contribution in [0, 0.1) is 5.92 Å². The highest BCUT2D eigenvalue weighted by atomic mass is 35.5. The molecule has 1 unspecified atom stereocenters.